The third kappa shape index (κ3) is 12.1. The summed E-state index contributed by atoms with van der Waals surface area (Å²) in [4.78, 5) is 56.5. The predicted molar refractivity (Wildman–Crippen MR) is 200 cm³/mol. The molecule has 51 heavy (non-hydrogen) atoms. The van der Waals surface area contributed by atoms with Crippen LogP contribution in [0.2, 0.25) is 0 Å². The van der Waals surface area contributed by atoms with Crippen LogP contribution in [0.3, 0.4) is 0 Å². The molecule has 272 valence electrons. The molecule has 12 nitrogen and oxygen atoms in total. The molecule has 2 aromatic heterocycles. The Morgan fingerprint density at radius 3 is 1.59 bits per heavy atom. The topological polar surface area (TPSA) is 171 Å². The number of carbonyl (C=O) groups excluding carboxylic acids is 2. The molecule has 17 heteroatoms. The van der Waals surface area contributed by atoms with Crippen LogP contribution in [0.15, 0.2) is 84.3 Å². The first kappa shape index (κ1) is 40.0. The fourth-order valence-electron chi connectivity index (χ4n) is 5.47. The number of nitrogens with zero attached hydrogens (tertiary/aromatic N) is 5. The van der Waals surface area contributed by atoms with Crippen LogP contribution in [0.25, 0.3) is 0 Å². The number of carbonyl (C=O) groups is 2. The Morgan fingerprint density at radius 2 is 1.14 bits per heavy atom. The first-order valence-electron chi connectivity index (χ1n) is 16.0. The van der Waals surface area contributed by atoms with Crippen molar-refractivity contribution in [3.05, 3.63) is 118 Å². The van der Waals surface area contributed by atoms with Crippen LogP contribution in [-0.2, 0) is 22.7 Å². The van der Waals surface area contributed by atoms with Gasteiger partial charge in [0.25, 0.3) is 11.1 Å². The van der Waals surface area contributed by atoms with Gasteiger partial charge in [-0.1, -0.05) is 24.3 Å². The molecule has 2 saturated heterocycles. The number of primary amides is 2. The fraction of sp³-hybridized carbons (Fsp3) is 0.353. The molecule has 0 atom stereocenters. The number of anilines is 1. The Hall–Kier alpha value is -3.80. The first-order valence-corrected chi connectivity index (χ1v) is 18.4. The Balaban J connectivity index is 0.000000192. The monoisotopic (exact) mass is 896 g/mol. The van der Waals surface area contributed by atoms with E-state index in [9.17, 15) is 28.0 Å². The third-order valence-corrected chi connectivity index (χ3v) is 9.58. The van der Waals surface area contributed by atoms with Gasteiger partial charge in [0, 0.05) is 37.3 Å². The zero-order chi connectivity index (χ0) is 37.1. The SMILES string of the molecule is NC(=O)C1CCN(c2nc(Br)cn(Cc3ccc(F)cc3)c2=O)CC1.NC(=O)C1CCNCC1.O=c1c(Br)nc(Br)cn1Cc1ccc(F)cc1. The average Bonchev–Trinajstić information content (AvgIpc) is 3.11. The van der Waals surface area contributed by atoms with E-state index in [-0.39, 0.29) is 51.0 Å². The lowest BCUT2D eigenvalue weighted by Crippen LogP contribution is -2.42. The number of halogens is 5. The summed E-state index contributed by atoms with van der Waals surface area (Å²) in [6, 6.07) is 12.0. The van der Waals surface area contributed by atoms with Gasteiger partial charge in [0.1, 0.15) is 20.8 Å². The van der Waals surface area contributed by atoms with Gasteiger partial charge in [0.15, 0.2) is 10.4 Å². The molecule has 2 aliphatic heterocycles. The van der Waals surface area contributed by atoms with E-state index >= 15 is 0 Å². The molecular formula is C34H37Br3F2N8O4. The van der Waals surface area contributed by atoms with Crippen LogP contribution >= 0.6 is 47.8 Å². The molecule has 4 heterocycles. The minimum absolute atomic E-state index is 0.131. The van der Waals surface area contributed by atoms with E-state index in [1.807, 2.05) is 4.90 Å². The molecule has 0 saturated carbocycles. The number of hydrogen-bond acceptors (Lipinski definition) is 8. The standard InChI is InChI=1S/C17H18BrFN4O2.C11H7Br2FN2O.C6H12N2O/c18-14-10-23(9-11-1-3-13(19)4-2-11)17(25)16(21-14)22-7-5-12(6-8-22)15(20)24;12-9-6-16(11(17)10(13)15-9)5-7-1-3-8(14)4-2-7;7-6(9)5-1-3-8-4-2-5/h1-4,10,12H,5-9H2,(H2,20,24);1-4,6H,5H2;5,8H,1-4H2,(H2,7,9). The molecule has 2 aromatic carbocycles. The van der Waals surface area contributed by atoms with Gasteiger partial charge in [-0.15, -0.1) is 0 Å². The third-order valence-electron chi connectivity index (χ3n) is 8.30. The van der Waals surface area contributed by atoms with Crippen molar-refractivity contribution in [2.45, 2.75) is 38.8 Å². The van der Waals surface area contributed by atoms with Crippen molar-refractivity contribution in [2.24, 2.45) is 23.3 Å². The molecule has 0 aliphatic carbocycles. The highest BCUT2D eigenvalue weighted by Gasteiger charge is 2.26. The molecule has 6 rings (SSSR count). The van der Waals surface area contributed by atoms with Gasteiger partial charge in [-0.2, -0.15) is 0 Å². The Kier molecular flexibility index (Phi) is 15.0. The van der Waals surface area contributed by atoms with Crippen LogP contribution in [0.1, 0.15) is 36.8 Å². The van der Waals surface area contributed by atoms with Crippen molar-refractivity contribution < 1.29 is 18.4 Å². The van der Waals surface area contributed by atoms with Crippen molar-refractivity contribution in [3.63, 3.8) is 0 Å². The number of hydrogen-bond donors (Lipinski definition) is 3. The molecule has 2 fully saturated rings. The van der Waals surface area contributed by atoms with E-state index in [4.69, 9.17) is 11.5 Å². The van der Waals surface area contributed by atoms with Crippen molar-refractivity contribution in [1.29, 1.82) is 0 Å². The smallest absolute Gasteiger partial charge is 0.293 e. The van der Waals surface area contributed by atoms with Gasteiger partial charge in [-0.25, -0.2) is 18.7 Å². The summed E-state index contributed by atoms with van der Waals surface area (Å²) in [5, 5.41) is 3.16. The van der Waals surface area contributed by atoms with E-state index in [0.717, 1.165) is 37.1 Å². The first-order chi connectivity index (χ1) is 24.3. The zero-order valence-electron chi connectivity index (χ0n) is 27.4. The summed E-state index contributed by atoms with van der Waals surface area (Å²) in [6.45, 7) is 3.69. The van der Waals surface area contributed by atoms with E-state index in [0.29, 0.717) is 54.0 Å². The van der Waals surface area contributed by atoms with Crippen molar-refractivity contribution >= 4 is 65.4 Å². The minimum atomic E-state index is -0.315. The Labute approximate surface area is 318 Å². The number of nitrogens with one attached hydrogen (secondary N) is 1. The number of piperidine rings is 2. The van der Waals surface area contributed by atoms with Crippen LogP contribution in [0.4, 0.5) is 14.6 Å². The minimum Gasteiger partial charge on any atom is -0.369 e. The van der Waals surface area contributed by atoms with Crippen molar-refractivity contribution in [2.75, 3.05) is 31.1 Å². The lowest BCUT2D eigenvalue weighted by atomic mass is 9.96. The number of nitrogens with two attached hydrogens (primary N) is 2. The zero-order valence-corrected chi connectivity index (χ0v) is 32.2. The molecular weight excluding hydrogens is 862 g/mol. The molecule has 0 spiro atoms. The van der Waals surface area contributed by atoms with E-state index in [1.165, 1.54) is 28.8 Å². The number of rotatable bonds is 7. The second-order valence-corrected chi connectivity index (χ2v) is 14.3. The van der Waals surface area contributed by atoms with Crippen LogP contribution in [0.5, 0.6) is 0 Å². The molecule has 2 amide bonds. The molecule has 0 bridgehead atoms. The fourth-order valence-corrected chi connectivity index (χ4v) is 6.96. The van der Waals surface area contributed by atoms with Gasteiger partial charge in [0.2, 0.25) is 11.8 Å². The molecule has 0 unspecified atom stereocenters. The van der Waals surface area contributed by atoms with E-state index in [1.54, 1.807) is 41.2 Å². The summed E-state index contributed by atoms with van der Waals surface area (Å²) in [7, 11) is 0. The predicted octanol–water partition coefficient (Wildman–Crippen LogP) is 4.32. The number of amides is 2. The van der Waals surface area contributed by atoms with E-state index in [2.05, 4.69) is 63.1 Å². The van der Waals surface area contributed by atoms with Crippen molar-refractivity contribution in [3.8, 4) is 0 Å². The number of aromatic nitrogens is 4. The lowest BCUT2D eigenvalue weighted by molar-refractivity contribution is -0.123. The summed E-state index contributed by atoms with van der Waals surface area (Å²) in [5.41, 5.74) is 11.7. The largest absolute Gasteiger partial charge is 0.369 e. The molecule has 0 radical (unpaired) electrons. The maximum atomic E-state index is 13.0. The highest BCUT2D eigenvalue weighted by molar-refractivity contribution is 9.11. The van der Waals surface area contributed by atoms with Gasteiger partial charge in [-0.05, 0) is 122 Å². The Bertz CT molecular complexity index is 1910. The Morgan fingerprint density at radius 1 is 0.706 bits per heavy atom. The lowest BCUT2D eigenvalue weighted by Gasteiger charge is -2.31. The molecule has 2 aliphatic rings. The highest BCUT2D eigenvalue weighted by atomic mass is 79.9. The summed E-state index contributed by atoms with van der Waals surface area (Å²) < 4.78 is 30.2. The summed E-state index contributed by atoms with van der Waals surface area (Å²) in [5.74, 6) is -0.717. The van der Waals surface area contributed by atoms with Gasteiger partial charge < -0.3 is 30.8 Å². The van der Waals surface area contributed by atoms with Crippen molar-refractivity contribution in [1.82, 2.24) is 24.4 Å². The van der Waals surface area contributed by atoms with Gasteiger partial charge in [-0.3, -0.25) is 19.2 Å². The summed E-state index contributed by atoms with van der Waals surface area (Å²) >= 11 is 9.64. The van der Waals surface area contributed by atoms with Crippen LogP contribution in [-0.4, -0.2) is 57.1 Å². The average molecular weight is 899 g/mol. The van der Waals surface area contributed by atoms with Gasteiger partial charge in [0.05, 0.1) is 13.1 Å². The maximum absolute atomic E-state index is 13.0. The quantitative estimate of drug-likeness (QED) is 0.246. The molecule has 4 aromatic rings. The van der Waals surface area contributed by atoms with E-state index < -0.39 is 0 Å². The maximum Gasteiger partial charge on any atom is 0.293 e. The number of benzene rings is 2. The molecule has 5 N–H and O–H groups in total. The van der Waals surface area contributed by atoms with Gasteiger partial charge >= 0.3 is 0 Å². The van der Waals surface area contributed by atoms with Crippen LogP contribution < -0.4 is 32.8 Å². The van der Waals surface area contributed by atoms with Crippen LogP contribution in [0, 0.1) is 23.5 Å². The second-order valence-electron chi connectivity index (χ2n) is 12.0. The second kappa shape index (κ2) is 19.2. The normalized spacial score (nSPS) is 14.9. The summed E-state index contributed by atoms with van der Waals surface area (Å²) in [6.07, 6.45) is 6.26. The highest BCUT2D eigenvalue weighted by Crippen LogP contribution is 2.21.